The first-order valence-corrected chi connectivity index (χ1v) is 6.79. The van der Waals surface area contributed by atoms with E-state index in [0.29, 0.717) is 17.3 Å². The molecule has 0 amide bonds. The van der Waals surface area contributed by atoms with Gasteiger partial charge in [0.05, 0.1) is 17.3 Å². The van der Waals surface area contributed by atoms with Crippen molar-refractivity contribution in [2.75, 3.05) is 23.7 Å². The maximum absolute atomic E-state index is 6.24. The van der Waals surface area contributed by atoms with Gasteiger partial charge in [-0.2, -0.15) is 0 Å². The number of hydrogen-bond acceptors (Lipinski definition) is 4. The van der Waals surface area contributed by atoms with Gasteiger partial charge in [-0.25, -0.2) is 0 Å². The first-order valence-electron chi connectivity index (χ1n) is 6.00. The molecule has 0 spiro atoms. The van der Waals surface area contributed by atoms with Crippen molar-refractivity contribution < 1.29 is 0 Å². The van der Waals surface area contributed by atoms with Gasteiger partial charge in [-0.05, 0) is 30.7 Å². The molecule has 0 saturated carbocycles. The average molecular weight is 294 g/mol. The second kappa shape index (κ2) is 6.08. The van der Waals surface area contributed by atoms with Crippen LogP contribution in [0.2, 0.25) is 5.02 Å². The lowest BCUT2D eigenvalue weighted by Crippen LogP contribution is -2.13. The molecule has 0 fully saturated rings. The van der Waals surface area contributed by atoms with Crippen molar-refractivity contribution in [3.05, 3.63) is 40.6 Å². The quantitative estimate of drug-likeness (QED) is 0.588. The van der Waals surface area contributed by atoms with Gasteiger partial charge >= 0.3 is 0 Å². The van der Waals surface area contributed by atoms with Crippen LogP contribution < -0.4 is 16.4 Å². The van der Waals surface area contributed by atoms with E-state index in [-0.39, 0.29) is 0 Å². The highest BCUT2D eigenvalue weighted by Gasteiger charge is 2.08. The monoisotopic (exact) mass is 293 g/mol. The highest BCUT2D eigenvalue weighted by atomic mass is 35.5. The topological polar surface area (TPSA) is 50.1 Å². The van der Waals surface area contributed by atoms with E-state index in [9.17, 15) is 0 Å². The first kappa shape index (κ1) is 13.9. The lowest BCUT2D eigenvalue weighted by molar-refractivity contribution is 1.17. The van der Waals surface area contributed by atoms with Crippen LogP contribution in [0, 0.1) is 0 Å². The summed E-state index contributed by atoms with van der Waals surface area (Å²) in [4.78, 5) is 0.766. The molecular formula is C14H16ClN3S. The van der Waals surface area contributed by atoms with Gasteiger partial charge in [0.1, 0.15) is 0 Å². The lowest BCUT2D eigenvalue weighted by Gasteiger charge is -2.17. The minimum Gasteiger partial charge on any atom is -0.401 e. The number of hydrogen-bond donors (Lipinski definition) is 3. The summed E-state index contributed by atoms with van der Waals surface area (Å²) in [5.41, 5.74) is 9.57. The number of anilines is 2. The molecule has 0 aliphatic carbocycles. The van der Waals surface area contributed by atoms with E-state index in [0.717, 1.165) is 28.3 Å². The van der Waals surface area contributed by atoms with Gasteiger partial charge < -0.3 is 16.4 Å². The molecule has 5 heteroatoms. The largest absolute Gasteiger partial charge is 0.401 e. The van der Waals surface area contributed by atoms with Gasteiger partial charge in [-0.1, -0.05) is 36.0 Å². The number of allylic oxidation sites excluding steroid dienone is 1. The van der Waals surface area contributed by atoms with Gasteiger partial charge in [0.2, 0.25) is 0 Å². The highest BCUT2D eigenvalue weighted by Crippen LogP contribution is 2.31. The van der Waals surface area contributed by atoms with Crippen molar-refractivity contribution in [3.8, 4) is 0 Å². The zero-order valence-corrected chi connectivity index (χ0v) is 12.2. The fourth-order valence-electron chi connectivity index (χ4n) is 1.88. The molecule has 1 aliphatic rings. The third kappa shape index (κ3) is 3.72. The van der Waals surface area contributed by atoms with E-state index >= 15 is 0 Å². The molecule has 0 radical (unpaired) electrons. The smallest absolute Gasteiger partial charge is 0.0645 e. The molecule has 1 aromatic rings. The highest BCUT2D eigenvalue weighted by molar-refractivity contribution is 7.80. The summed E-state index contributed by atoms with van der Waals surface area (Å²) in [5.74, 6) is 0. The molecule has 19 heavy (non-hydrogen) atoms. The zero-order valence-electron chi connectivity index (χ0n) is 10.7. The summed E-state index contributed by atoms with van der Waals surface area (Å²) in [6.45, 7) is 3.19. The zero-order chi connectivity index (χ0) is 13.8. The fraction of sp³-hybridized carbons (Fsp3) is 0.214. The molecule has 0 atom stereocenters. The molecule has 0 bridgehead atoms. The molecule has 4 N–H and O–H groups in total. The van der Waals surface area contributed by atoms with Crippen molar-refractivity contribution in [3.63, 3.8) is 0 Å². The number of thiocarbonyl (C=S) groups is 1. The Hall–Kier alpha value is -1.52. The maximum Gasteiger partial charge on any atom is 0.0645 e. The van der Waals surface area contributed by atoms with Crippen molar-refractivity contribution in [1.29, 1.82) is 0 Å². The Kier molecular flexibility index (Phi) is 4.45. The maximum atomic E-state index is 6.24. The normalized spacial score (nSPS) is 13.7. The second-order valence-electron chi connectivity index (χ2n) is 4.39. The minimum atomic E-state index is 0.516. The van der Waals surface area contributed by atoms with Crippen molar-refractivity contribution in [2.45, 2.75) is 6.92 Å². The minimum absolute atomic E-state index is 0.516. The summed E-state index contributed by atoms with van der Waals surface area (Å²) in [6.07, 6.45) is 5.90. The van der Waals surface area contributed by atoms with Gasteiger partial charge in [-0.15, -0.1) is 0 Å². The Morgan fingerprint density at radius 3 is 3.11 bits per heavy atom. The van der Waals surface area contributed by atoms with E-state index in [1.165, 1.54) is 0 Å². The van der Waals surface area contributed by atoms with Crippen LogP contribution in [0.4, 0.5) is 11.4 Å². The molecule has 1 heterocycles. The van der Waals surface area contributed by atoms with Crippen molar-refractivity contribution in [2.24, 2.45) is 5.73 Å². The summed E-state index contributed by atoms with van der Waals surface area (Å²) in [5, 5.41) is 7.20. The molecule has 1 aromatic carbocycles. The summed E-state index contributed by atoms with van der Waals surface area (Å²) >= 11 is 11.2. The summed E-state index contributed by atoms with van der Waals surface area (Å²) in [6, 6.07) is 3.94. The number of halogens is 1. The van der Waals surface area contributed by atoms with Crippen LogP contribution in [0.3, 0.4) is 0 Å². The van der Waals surface area contributed by atoms with Crippen LogP contribution >= 0.6 is 23.8 Å². The molecule has 0 saturated heterocycles. The van der Waals surface area contributed by atoms with Gasteiger partial charge in [0.15, 0.2) is 0 Å². The third-order valence-electron chi connectivity index (χ3n) is 2.72. The van der Waals surface area contributed by atoms with E-state index in [1.807, 2.05) is 19.1 Å². The van der Waals surface area contributed by atoms with Crippen molar-refractivity contribution in [1.82, 2.24) is 0 Å². The molecule has 0 aromatic heterocycles. The standard InChI is InChI=1S/C14H16ClN3S/c1-9(19)5-11(16)8-18-14-7-13-10(6-12(14)15)3-2-4-17-13/h2-3,5-7,17-18H,4,8,16H2,1H3/b11-5-. The Morgan fingerprint density at radius 1 is 1.58 bits per heavy atom. The van der Waals surface area contributed by atoms with Gasteiger partial charge in [-0.3, -0.25) is 0 Å². The van der Waals surface area contributed by atoms with E-state index in [2.05, 4.69) is 22.8 Å². The molecule has 2 rings (SSSR count). The molecule has 0 unspecified atom stereocenters. The molecule has 1 aliphatic heterocycles. The summed E-state index contributed by atoms with van der Waals surface area (Å²) in [7, 11) is 0. The van der Waals surface area contributed by atoms with Crippen LogP contribution in [-0.2, 0) is 0 Å². The Bertz CT molecular complexity index is 564. The van der Waals surface area contributed by atoms with E-state index in [1.54, 1.807) is 6.08 Å². The van der Waals surface area contributed by atoms with Gasteiger partial charge in [0.25, 0.3) is 0 Å². The van der Waals surface area contributed by atoms with Crippen LogP contribution in [0.1, 0.15) is 12.5 Å². The van der Waals surface area contributed by atoms with Crippen LogP contribution in [0.25, 0.3) is 6.08 Å². The number of rotatable bonds is 4. The number of nitrogens with two attached hydrogens (primary N) is 1. The van der Waals surface area contributed by atoms with Crippen LogP contribution in [-0.4, -0.2) is 18.0 Å². The van der Waals surface area contributed by atoms with E-state index in [4.69, 9.17) is 29.6 Å². The Balaban J connectivity index is 2.13. The Morgan fingerprint density at radius 2 is 2.37 bits per heavy atom. The summed E-state index contributed by atoms with van der Waals surface area (Å²) < 4.78 is 0. The predicted molar refractivity (Wildman–Crippen MR) is 88.0 cm³/mol. The lowest BCUT2D eigenvalue weighted by atomic mass is 10.1. The van der Waals surface area contributed by atoms with Crippen molar-refractivity contribution >= 4 is 46.1 Å². The molecular weight excluding hydrogens is 278 g/mol. The number of benzene rings is 1. The SMILES string of the molecule is CC(=S)/C=C(\N)CNc1cc2c(cc1Cl)C=CCN2. The third-order valence-corrected chi connectivity index (χ3v) is 3.15. The van der Waals surface area contributed by atoms with Gasteiger partial charge in [0, 0.05) is 22.8 Å². The van der Waals surface area contributed by atoms with Crippen LogP contribution in [0.15, 0.2) is 30.0 Å². The number of fused-ring (bicyclic) bond motifs is 1. The second-order valence-corrected chi connectivity index (χ2v) is 5.44. The first-order chi connectivity index (χ1) is 9.06. The Labute approximate surface area is 123 Å². The fourth-order valence-corrected chi connectivity index (χ4v) is 2.27. The van der Waals surface area contributed by atoms with Crippen LogP contribution in [0.5, 0.6) is 0 Å². The van der Waals surface area contributed by atoms with E-state index < -0.39 is 0 Å². The molecule has 100 valence electrons. The number of nitrogens with one attached hydrogen (secondary N) is 2. The predicted octanol–water partition coefficient (Wildman–Crippen LogP) is 3.42. The average Bonchev–Trinajstić information content (AvgIpc) is 2.35. The molecule has 3 nitrogen and oxygen atoms in total.